The van der Waals surface area contributed by atoms with Crippen LogP contribution in [0.4, 0.5) is 5.82 Å². The summed E-state index contributed by atoms with van der Waals surface area (Å²) in [6.45, 7) is 6.85. The molecule has 2 fully saturated rings. The summed E-state index contributed by atoms with van der Waals surface area (Å²) >= 11 is 3.34. The third-order valence-corrected chi connectivity index (χ3v) is 9.15. The number of likely N-dealkylation sites (tertiary alicyclic amines) is 1. The van der Waals surface area contributed by atoms with Crippen LogP contribution in [0.2, 0.25) is 0 Å². The second-order valence-corrected chi connectivity index (χ2v) is 12.1. The normalized spacial score (nSPS) is 22.2. The first kappa shape index (κ1) is 28.5. The van der Waals surface area contributed by atoms with Crippen molar-refractivity contribution in [3.05, 3.63) is 58.5 Å². The zero-order valence-electron chi connectivity index (χ0n) is 24.0. The molecule has 12 nitrogen and oxygen atoms in total. The summed E-state index contributed by atoms with van der Waals surface area (Å²) in [6, 6.07) is 6.57. The summed E-state index contributed by atoms with van der Waals surface area (Å²) in [5.41, 5.74) is 2.31. The summed E-state index contributed by atoms with van der Waals surface area (Å²) in [7, 11) is 0. The number of rotatable bonds is 7. The molecule has 1 aliphatic carbocycles. The van der Waals surface area contributed by atoms with Gasteiger partial charge in [0.05, 0.1) is 23.5 Å². The Balaban J connectivity index is 1.33. The summed E-state index contributed by atoms with van der Waals surface area (Å²) < 4.78 is 2.03. The Labute approximate surface area is 255 Å². The molecular formula is C30H28BrN9O3. The molecule has 2 amide bonds. The molecule has 0 radical (unpaired) electrons. The molecule has 1 saturated carbocycles. The van der Waals surface area contributed by atoms with E-state index in [1.54, 1.807) is 42.5 Å². The van der Waals surface area contributed by atoms with Gasteiger partial charge in [0.25, 0.3) is 0 Å². The van der Waals surface area contributed by atoms with Gasteiger partial charge in [-0.1, -0.05) is 13.0 Å². The third kappa shape index (κ3) is 4.85. The first-order valence-corrected chi connectivity index (χ1v) is 14.6. The fourth-order valence-corrected chi connectivity index (χ4v) is 6.67. The number of nitrogens with one attached hydrogen (secondary N) is 1. The van der Waals surface area contributed by atoms with Crippen LogP contribution in [-0.4, -0.2) is 64.3 Å². The van der Waals surface area contributed by atoms with E-state index in [0.29, 0.717) is 44.8 Å². The minimum absolute atomic E-state index is 0.0639. The lowest BCUT2D eigenvalue weighted by Gasteiger charge is -2.28. The number of aromatic nitrogens is 6. The van der Waals surface area contributed by atoms with E-state index < -0.39 is 11.5 Å². The maximum Gasteiger partial charge on any atom is 0.248 e. The van der Waals surface area contributed by atoms with Gasteiger partial charge >= 0.3 is 0 Å². The van der Waals surface area contributed by atoms with Gasteiger partial charge in [-0.2, -0.15) is 10.4 Å². The summed E-state index contributed by atoms with van der Waals surface area (Å²) in [4.78, 5) is 59.2. The molecule has 5 heterocycles. The van der Waals surface area contributed by atoms with Crippen LogP contribution in [0.5, 0.6) is 0 Å². The Kier molecular flexibility index (Phi) is 7.04. The number of amides is 2. The molecule has 4 atom stereocenters. The Morgan fingerprint density at radius 3 is 2.60 bits per heavy atom. The number of hydrogen-bond acceptors (Lipinski definition) is 9. The van der Waals surface area contributed by atoms with E-state index >= 15 is 0 Å². The van der Waals surface area contributed by atoms with E-state index in [4.69, 9.17) is 0 Å². The topological polar surface area (TPSA) is 160 Å². The highest BCUT2D eigenvalue weighted by molar-refractivity contribution is 9.10. The standard InChI is InChI=1S/C30H28BrN9O3/c1-15-5-6-24(31)36-28(15)37-29(43)22-10-30(7-8-32)16(2)27(30)40(22)25(42)14-39-23-13-35-21(19-11-33-18(4)34-12-19)9-20(23)26(38-39)17(3)41/h5-6,9,11-13,16,22,27H,7,10,14H2,1-4H3,(H,36,37,43)/t16-,22+,27+,30-/m1/s1. The number of carbonyl (C=O) groups is 3. The second kappa shape index (κ2) is 10.6. The van der Waals surface area contributed by atoms with Gasteiger partial charge in [0.1, 0.15) is 34.5 Å². The van der Waals surface area contributed by atoms with Gasteiger partial charge < -0.3 is 10.2 Å². The lowest BCUT2D eigenvalue weighted by atomic mass is 9.93. The molecule has 13 heteroatoms. The van der Waals surface area contributed by atoms with Crippen LogP contribution in [0.25, 0.3) is 22.2 Å². The number of Topliss-reactive ketones (excluding diaryl/α,β-unsaturated/α-hetero) is 1. The van der Waals surface area contributed by atoms with Crippen molar-refractivity contribution in [1.29, 1.82) is 5.26 Å². The van der Waals surface area contributed by atoms with Crippen molar-refractivity contribution in [2.45, 2.75) is 59.2 Å². The minimum atomic E-state index is -0.789. The van der Waals surface area contributed by atoms with Gasteiger partial charge in [0.15, 0.2) is 5.78 Å². The van der Waals surface area contributed by atoms with Gasteiger partial charge in [-0.25, -0.2) is 15.0 Å². The van der Waals surface area contributed by atoms with Crippen LogP contribution in [0.1, 0.15) is 48.6 Å². The molecule has 218 valence electrons. The van der Waals surface area contributed by atoms with Gasteiger partial charge in [0, 0.05) is 48.1 Å². The van der Waals surface area contributed by atoms with Crippen LogP contribution in [0.15, 0.2) is 41.4 Å². The van der Waals surface area contributed by atoms with Crippen molar-refractivity contribution in [3.8, 4) is 17.3 Å². The molecule has 0 aromatic carbocycles. The molecule has 0 unspecified atom stereocenters. The lowest BCUT2D eigenvalue weighted by Crippen LogP contribution is -2.47. The zero-order valence-corrected chi connectivity index (χ0v) is 25.6. The third-order valence-electron chi connectivity index (χ3n) is 8.70. The van der Waals surface area contributed by atoms with Crippen LogP contribution in [-0.2, 0) is 16.1 Å². The number of nitrogens with zero attached hydrogens (tertiary/aromatic N) is 8. The van der Waals surface area contributed by atoms with Gasteiger partial charge in [0.2, 0.25) is 11.8 Å². The Hall–Kier alpha value is -4.57. The zero-order chi connectivity index (χ0) is 30.6. The summed E-state index contributed by atoms with van der Waals surface area (Å²) in [5.74, 6) is 0.145. The van der Waals surface area contributed by atoms with Crippen LogP contribution in [0.3, 0.4) is 0 Å². The maximum absolute atomic E-state index is 14.0. The quantitative estimate of drug-likeness (QED) is 0.232. The van der Waals surface area contributed by atoms with E-state index in [0.717, 1.165) is 5.56 Å². The van der Waals surface area contributed by atoms with Gasteiger partial charge in [-0.15, -0.1) is 0 Å². The molecule has 4 aromatic heterocycles. The van der Waals surface area contributed by atoms with E-state index in [2.05, 4.69) is 52.4 Å². The van der Waals surface area contributed by atoms with Crippen LogP contribution < -0.4 is 5.32 Å². The van der Waals surface area contributed by atoms with Crippen LogP contribution >= 0.6 is 15.9 Å². The maximum atomic E-state index is 14.0. The number of aryl methyl sites for hydroxylation is 2. The molecule has 4 aromatic rings. The van der Waals surface area contributed by atoms with E-state index in [9.17, 15) is 19.6 Å². The van der Waals surface area contributed by atoms with E-state index in [-0.39, 0.29) is 48.2 Å². The molecule has 1 aliphatic heterocycles. The van der Waals surface area contributed by atoms with E-state index in [1.165, 1.54) is 11.6 Å². The lowest BCUT2D eigenvalue weighted by molar-refractivity contribution is -0.138. The van der Waals surface area contributed by atoms with Crippen molar-refractivity contribution in [1.82, 2.24) is 34.6 Å². The fraction of sp³-hybridized carbons (Fsp3) is 0.367. The SMILES string of the molecule is CC(=O)c1nn(CC(=O)N2[C@H]3[C@@H](C)[C@@]3(CC#N)C[C@H]2C(=O)Nc2nc(Br)ccc2C)c2cnc(-c3cnc(C)nc3)cc12. The van der Waals surface area contributed by atoms with Gasteiger partial charge in [-0.3, -0.25) is 24.0 Å². The number of pyridine rings is 2. The highest BCUT2D eigenvalue weighted by atomic mass is 79.9. The molecule has 0 spiro atoms. The molecule has 1 N–H and O–H groups in total. The van der Waals surface area contributed by atoms with Gasteiger partial charge in [-0.05, 0) is 59.8 Å². The average molecular weight is 643 g/mol. The Morgan fingerprint density at radius 1 is 1.16 bits per heavy atom. The van der Waals surface area contributed by atoms with Crippen molar-refractivity contribution < 1.29 is 14.4 Å². The average Bonchev–Trinajstić information content (AvgIpc) is 3.25. The van der Waals surface area contributed by atoms with Crippen molar-refractivity contribution in [2.24, 2.45) is 11.3 Å². The van der Waals surface area contributed by atoms with Crippen molar-refractivity contribution in [3.63, 3.8) is 0 Å². The highest BCUT2D eigenvalue weighted by Crippen LogP contribution is 2.66. The predicted octanol–water partition coefficient (Wildman–Crippen LogP) is 4.02. The Bertz CT molecular complexity index is 1850. The van der Waals surface area contributed by atoms with E-state index in [1.807, 2.05) is 19.9 Å². The highest BCUT2D eigenvalue weighted by Gasteiger charge is 2.72. The molecule has 0 bridgehead atoms. The number of ketones is 1. The number of halogens is 1. The number of nitriles is 1. The molecule has 2 aliphatic rings. The Morgan fingerprint density at radius 2 is 1.91 bits per heavy atom. The molecule has 1 saturated heterocycles. The smallest absolute Gasteiger partial charge is 0.248 e. The number of piperidine rings is 1. The minimum Gasteiger partial charge on any atom is -0.325 e. The molecular weight excluding hydrogens is 614 g/mol. The number of carbonyl (C=O) groups excluding carboxylic acids is 3. The molecule has 43 heavy (non-hydrogen) atoms. The first-order chi connectivity index (χ1) is 20.5. The fourth-order valence-electron chi connectivity index (χ4n) is 6.36. The number of anilines is 1. The predicted molar refractivity (Wildman–Crippen MR) is 159 cm³/mol. The number of hydrogen-bond donors (Lipinski definition) is 1. The number of fused-ring (bicyclic) bond motifs is 2. The summed E-state index contributed by atoms with van der Waals surface area (Å²) in [5, 5.41) is 17.5. The summed E-state index contributed by atoms with van der Waals surface area (Å²) in [6.07, 6.45) is 5.51. The van der Waals surface area contributed by atoms with Crippen molar-refractivity contribution in [2.75, 3.05) is 5.32 Å². The molecule has 6 rings (SSSR count). The second-order valence-electron chi connectivity index (χ2n) is 11.3. The first-order valence-electron chi connectivity index (χ1n) is 13.8. The monoisotopic (exact) mass is 641 g/mol. The largest absolute Gasteiger partial charge is 0.325 e. The van der Waals surface area contributed by atoms with Crippen LogP contribution in [0, 0.1) is 36.5 Å². The van der Waals surface area contributed by atoms with Crippen molar-refractivity contribution >= 4 is 50.2 Å².